The van der Waals surface area contributed by atoms with Gasteiger partial charge in [-0.2, -0.15) is 0 Å². The van der Waals surface area contributed by atoms with E-state index in [9.17, 15) is 5.11 Å². The zero-order valence-corrected chi connectivity index (χ0v) is 6.60. The van der Waals surface area contributed by atoms with Crippen LogP contribution < -0.4 is 5.73 Å². The quantitative estimate of drug-likeness (QED) is 0.453. The molecule has 0 spiro atoms. The lowest BCUT2D eigenvalue weighted by Crippen LogP contribution is -2.51. The molecular formula is C7H15NO3. The molecule has 0 bridgehead atoms. The summed E-state index contributed by atoms with van der Waals surface area (Å²) in [5, 5.41) is 18.1. The molecule has 0 aliphatic carbocycles. The molecule has 0 amide bonds. The van der Waals surface area contributed by atoms with Crippen molar-refractivity contribution in [2.45, 2.75) is 37.7 Å². The van der Waals surface area contributed by atoms with Gasteiger partial charge in [-0.1, -0.05) is 0 Å². The Kier molecular flexibility index (Phi) is 2.84. The Morgan fingerprint density at radius 1 is 1.64 bits per heavy atom. The van der Waals surface area contributed by atoms with Crippen molar-refractivity contribution in [2.24, 2.45) is 5.73 Å². The molecule has 0 saturated carbocycles. The van der Waals surface area contributed by atoms with E-state index >= 15 is 0 Å². The molecule has 11 heavy (non-hydrogen) atoms. The van der Waals surface area contributed by atoms with Crippen molar-refractivity contribution in [1.29, 1.82) is 0 Å². The van der Waals surface area contributed by atoms with Gasteiger partial charge in [-0.15, -0.1) is 0 Å². The van der Waals surface area contributed by atoms with Crippen molar-refractivity contribution in [3.8, 4) is 0 Å². The largest absolute Gasteiger partial charge is 0.394 e. The Morgan fingerprint density at radius 2 is 2.27 bits per heavy atom. The molecule has 1 rings (SSSR count). The molecule has 1 aliphatic rings. The average Bonchev–Trinajstić information content (AvgIpc) is 1.97. The highest BCUT2D eigenvalue weighted by molar-refractivity contribution is 4.84. The highest BCUT2D eigenvalue weighted by atomic mass is 16.5. The lowest BCUT2D eigenvalue weighted by Gasteiger charge is -2.35. The first-order chi connectivity index (χ1) is 5.15. The molecule has 1 saturated heterocycles. The minimum Gasteiger partial charge on any atom is -0.394 e. The summed E-state index contributed by atoms with van der Waals surface area (Å²) in [6, 6.07) is -0.244. The van der Waals surface area contributed by atoms with Crippen molar-refractivity contribution in [1.82, 2.24) is 0 Å². The van der Waals surface area contributed by atoms with Gasteiger partial charge in [-0.3, -0.25) is 0 Å². The van der Waals surface area contributed by atoms with Crippen LogP contribution in [0.15, 0.2) is 0 Å². The molecule has 0 radical (unpaired) electrons. The fourth-order valence-corrected chi connectivity index (χ4v) is 1.27. The number of rotatable bonds is 1. The fraction of sp³-hybridized carbons (Fsp3) is 1.00. The minimum atomic E-state index is -0.493. The molecule has 66 valence electrons. The molecule has 4 nitrogen and oxygen atoms in total. The Balaban J connectivity index is 2.48. The first-order valence-electron chi connectivity index (χ1n) is 3.85. The van der Waals surface area contributed by atoms with E-state index in [0.717, 1.165) is 0 Å². The smallest absolute Gasteiger partial charge is 0.0962 e. The Labute approximate surface area is 66.0 Å². The van der Waals surface area contributed by atoms with E-state index in [1.165, 1.54) is 0 Å². The van der Waals surface area contributed by atoms with Crippen LogP contribution in [-0.4, -0.2) is 41.2 Å². The number of nitrogens with two attached hydrogens (primary N) is 1. The second kappa shape index (κ2) is 3.49. The van der Waals surface area contributed by atoms with Gasteiger partial charge in [0.2, 0.25) is 0 Å². The van der Waals surface area contributed by atoms with E-state index in [1.54, 1.807) is 6.92 Å². The zero-order chi connectivity index (χ0) is 8.43. The second-order valence-electron chi connectivity index (χ2n) is 3.03. The summed E-state index contributed by atoms with van der Waals surface area (Å²) < 4.78 is 5.23. The fourth-order valence-electron chi connectivity index (χ4n) is 1.27. The molecule has 0 aromatic rings. The van der Waals surface area contributed by atoms with Crippen molar-refractivity contribution in [2.75, 3.05) is 6.61 Å². The minimum absolute atomic E-state index is 0.0712. The highest BCUT2D eigenvalue weighted by Gasteiger charge is 2.31. The zero-order valence-electron chi connectivity index (χ0n) is 6.60. The van der Waals surface area contributed by atoms with Crippen molar-refractivity contribution < 1.29 is 14.9 Å². The molecule has 4 heteroatoms. The van der Waals surface area contributed by atoms with Crippen LogP contribution in [0, 0.1) is 0 Å². The number of aliphatic hydroxyl groups excluding tert-OH is 2. The average molecular weight is 161 g/mol. The van der Waals surface area contributed by atoms with E-state index in [-0.39, 0.29) is 24.9 Å². The van der Waals surface area contributed by atoms with E-state index in [4.69, 9.17) is 15.6 Å². The number of aliphatic hydroxyl groups is 2. The number of hydrogen-bond acceptors (Lipinski definition) is 4. The first kappa shape index (κ1) is 8.93. The van der Waals surface area contributed by atoms with Gasteiger partial charge in [0.15, 0.2) is 0 Å². The molecule has 0 unspecified atom stereocenters. The molecule has 4 N–H and O–H groups in total. The molecule has 0 aromatic carbocycles. The van der Waals surface area contributed by atoms with E-state index in [0.29, 0.717) is 6.42 Å². The summed E-state index contributed by atoms with van der Waals surface area (Å²) in [7, 11) is 0. The monoisotopic (exact) mass is 161 g/mol. The van der Waals surface area contributed by atoms with Gasteiger partial charge in [-0.25, -0.2) is 0 Å². The maximum absolute atomic E-state index is 9.27. The van der Waals surface area contributed by atoms with Crippen LogP contribution in [0.5, 0.6) is 0 Å². The molecule has 1 aliphatic heterocycles. The topological polar surface area (TPSA) is 75.7 Å². The third-order valence-electron chi connectivity index (χ3n) is 2.10. The maximum atomic E-state index is 9.27. The number of hydrogen-bond donors (Lipinski definition) is 3. The summed E-state index contributed by atoms with van der Waals surface area (Å²) in [6.45, 7) is 1.71. The van der Waals surface area contributed by atoms with Gasteiger partial charge in [0.25, 0.3) is 0 Å². The molecule has 1 fully saturated rings. The van der Waals surface area contributed by atoms with Gasteiger partial charge in [0.1, 0.15) is 0 Å². The van der Waals surface area contributed by atoms with Crippen LogP contribution >= 0.6 is 0 Å². The van der Waals surface area contributed by atoms with E-state index in [1.807, 2.05) is 0 Å². The normalized spacial score (nSPS) is 45.8. The summed E-state index contributed by atoms with van der Waals surface area (Å²) in [5.74, 6) is 0. The second-order valence-corrected chi connectivity index (χ2v) is 3.03. The molecule has 1 heterocycles. The van der Waals surface area contributed by atoms with E-state index in [2.05, 4.69) is 0 Å². The predicted octanol–water partition coefficient (Wildman–Crippen LogP) is -1.16. The Bertz CT molecular complexity index is 131. The van der Waals surface area contributed by atoms with E-state index < -0.39 is 6.10 Å². The van der Waals surface area contributed by atoms with Crippen LogP contribution in [0.3, 0.4) is 0 Å². The third kappa shape index (κ3) is 1.90. The first-order valence-corrected chi connectivity index (χ1v) is 3.85. The van der Waals surface area contributed by atoms with Crippen LogP contribution in [-0.2, 0) is 4.74 Å². The third-order valence-corrected chi connectivity index (χ3v) is 2.10. The number of ether oxygens (including phenoxy) is 1. The van der Waals surface area contributed by atoms with Crippen LogP contribution in [0.1, 0.15) is 13.3 Å². The van der Waals surface area contributed by atoms with Crippen molar-refractivity contribution in [3.05, 3.63) is 0 Å². The highest BCUT2D eigenvalue weighted by Crippen LogP contribution is 2.17. The molecule has 4 atom stereocenters. The Hall–Kier alpha value is -0.160. The lowest BCUT2D eigenvalue weighted by atomic mass is 9.98. The van der Waals surface area contributed by atoms with Crippen molar-refractivity contribution in [3.63, 3.8) is 0 Å². The maximum Gasteiger partial charge on any atom is 0.0962 e. The summed E-state index contributed by atoms with van der Waals surface area (Å²) in [4.78, 5) is 0. The Morgan fingerprint density at radius 3 is 2.82 bits per heavy atom. The summed E-state index contributed by atoms with van der Waals surface area (Å²) in [6.07, 6.45) is -0.514. The van der Waals surface area contributed by atoms with Gasteiger partial charge in [-0.05, 0) is 13.3 Å². The molecular weight excluding hydrogens is 146 g/mol. The standard InChI is InChI=1S/C7H15NO3/c1-4-6(10)2-5(8)7(3-9)11-4/h4-7,9-10H,2-3,8H2,1H3/t4-,5+,6-,7-/m1/s1. The van der Waals surface area contributed by atoms with Crippen molar-refractivity contribution >= 4 is 0 Å². The van der Waals surface area contributed by atoms with Gasteiger partial charge in [0.05, 0.1) is 24.9 Å². The van der Waals surface area contributed by atoms with Gasteiger partial charge >= 0.3 is 0 Å². The van der Waals surface area contributed by atoms with Crippen LogP contribution in [0.4, 0.5) is 0 Å². The summed E-state index contributed by atoms with van der Waals surface area (Å²) in [5.41, 5.74) is 5.60. The molecule has 0 aromatic heterocycles. The van der Waals surface area contributed by atoms with Crippen LogP contribution in [0.2, 0.25) is 0 Å². The summed E-state index contributed by atoms with van der Waals surface area (Å²) >= 11 is 0. The van der Waals surface area contributed by atoms with Crippen LogP contribution in [0.25, 0.3) is 0 Å². The van der Waals surface area contributed by atoms with Gasteiger partial charge < -0.3 is 20.7 Å². The van der Waals surface area contributed by atoms with Gasteiger partial charge in [0, 0.05) is 6.04 Å². The lowest BCUT2D eigenvalue weighted by molar-refractivity contribution is -0.130. The SMILES string of the molecule is C[C@H]1O[C@H](CO)[C@@H](N)C[C@H]1O. The predicted molar refractivity (Wildman–Crippen MR) is 40.0 cm³/mol.